The minimum absolute atomic E-state index is 0.404. The molecule has 0 aromatic heterocycles. The zero-order chi connectivity index (χ0) is 13.7. The van der Waals surface area contributed by atoms with E-state index in [9.17, 15) is 0 Å². The Morgan fingerprint density at radius 1 is 0.400 bits per heavy atom. The van der Waals surface area contributed by atoms with Crippen molar-refractivity contribution < 1.29 is 14.5 Å². The zero-order valence-electron chi connectivity index (χ0n) is 12.8. The molecule has 3 rings (SSSR count). The first-order valence-corrected chi connectivity index (χ1v) is 8.90. The molecular formula is C17H30O3. The Morgan fingerprint density at radius 3 is 1.10 bits per heavy atom. The van der Waals surface area contributed by atoms with Crippen molar-refractivity contribution in [2.24, 2.45) is 0 Å². The van der Waals surface area contributed by atoms with Crippen LogP contribution in [0.15, 0.2) is 0 Å². The van der Waals surface area contributed by atoms with E-state index in [1.807, 2.05) is 0 Å². The van der Waals surface area contributed by atoms with E-state index >= 15 is 0 Å². The molecule has 0 amide bonds. The summed E-state index contributed by atoms with van der Waals surface area (Å²) < 4.78 is 6.45. The van der Waals surface area contributed by atoms with Crippen LogP contribution < -0.4 is 0 Å². The molecule has 1 saturated heterocycles. The van der Waals surface area contributed by atoms with Gasteiger partial charge in [0.1, 0.15) is 0 Å². The van der Waals surface area contributed by atoms with Crippen LogP contribution in [0.25, 0.3) is 0 Å². The zero-order valence-corrected chi connectivity index (χ0v) is 12.8. The van der Waals surface area contributed by atoms with Gasteiger partial charge in [-0.1, -0.05) is 44.9 Å². The van der Waals surface area contributed by atoms with E-state index in [4.69, 9.17) is 14.5 Å². The van der Waals surface area contributed by atoms with E-state index < -0.39 is 11.6 Å². The van der Waals surface area contributed by atoms with Gasteiger partial charge in [-0.25, -0.2) is 0 Å². The lowest BCUT2D eigenvalue weighted by Crippen LogP contribution is -2.38. The van der Waals surface area contributed by atoms with Gasteiger partial charge in [-0.05, 0) is 25.7 Å². The van der Waals surface area contributed by atoms with Crippen molar-refractivity contribution in [3.63, 3.8) is 0 Å². The molecule has 3 heteroatoms. The summed E-state index contributed by atoms with van der Waals surface area (Å²) in [5.74, 6) is -0.833. The molecule has 116 valence electrons. The number of hydrogen-bond acceptors (Lipinski definition) is 3. The second kappa shape index (κ2) is 6.76. The first-order valence-electron chi connectivity index (χ1n) is 8.90. The maximum absolute atomic E-state index is 6.45. The molecule has 1 heterocycles. The SMILES string of the molecule is C1CCCCCC2(CCCC1)OOC1(CCCCC1)O2. The van der Waals surface area contributed by atoms with E-state index in [1.165, 1.54) is 70.6 Å². The fraction of sp³-hybridized carbons (Fsp3) is 1.00. The topological polar surface area (TPSA) is 27.7 Å². The highest BCUT2D eigenvalue weighted by atomic mass is 17.3. The van der Waals surface area contributed by atoms with Crippen LogP contribution in [0.3, 0.4) is 0 Å². The van der Waals surface area contributed by atoms with Gasteiger partial charge in [-0.2, -0.15) is 9.78 Å². The molecule has 0 bridgehead atoms. The van der Waals surface area contributed by atoms with Gasteiger partial charge in [-0.15, -0.1) is 0 Å². The Kier molecular flexibility index (Phi) is 5.00. The standard InChI is InChI=1S/C17H30O3/c1-2-4-6-9-13-16(12-8-5-3-1)18-17(20-19-16)14-10-7-11-15-17/h1-15H2. The van der Waals surface area contributed by atoms with Crippen LogP contribution in [0.1, 0.15) is 96.3 Å². The molecular weight excluding hydrogens is 252 g/mol. The lowest BCUT2D eigenvalue weighted by molar-refractivity contribution is -0.356. The van der Waals surface area contributed by atoms with Crippen molar-refractivity contribution in [2.45, 2.75) is 108 Å². The van der Waals surface area contributed by atoms with Crippen LogP contribution in [-0.4, -0.2) is 11.6 Å². The van der Waals surface area contributed by atoms with Gasteiger partial charge in [0.15, 0.2) is 0 Å². The van der Waals surface area contributed by atoms with Crippen LogP contribution in [-0.2, 0) is 14.5 Å². The predicted molar refractivity (Wildman–Crippen MR) is 78.0 cm³/mol. The second-order valence-corrected chi connectivity index (χ2v) is 6.98. The third-order valence-corrected chi connectivity index (χ3v) is 5.20. The van der Waals surface area contributed by atoms with Crippen LogP contribution in [0.5, 0.6) is 0 Å². The third kappa shape index (κ3) is 3.55. The van der Waals surface area contributed by atoms with Crippen molar-refractivity contribution in [3.05, 3.63) is 0 Å². The van der Waals surface area contributed by atoms with Crippen molar-refractivity contribution >= 4 is 0 Å². The highest BCUT2D eigenvalue weighted by molar-refractivity contribution is 4.83. The van der Waals surface area contributed by atoms with E-state index in [0.717, 1.165) is 25.7 Å². The van der Waals surface area contributed by atoms with Gasteiger partial charge in [0.2, 0.25) is 11.6 Å². The molecule has 2 spiro atoms. The van der Waals surface area contributed by atoms with Crippen molar-refractivity contribution in [1.82, 2.24) is 0 Å². The molecule has 2 aliphatic carbocycles. The minimum atomic E-state index is -0.429. The molecule has 0 radical (unpaired) electrons. The van der Waals surface area contributed by atoms with Crippen LogP contribution in [0.2, 0.25) is 0 Å². The van der Waals surface area contributed by atoms with Crippen molar-refractivity contribution in [1.29, 1.82) is 0 Å². The lowest BCUT2D eigenvalue weighted by atomic mass is 9.93. The number of hydrogen-bond donors (Lipinski definition) is 0. The Hall–Kier alpha value is -0.120. The Morgan fingerprint density at radius 2 is 0.700 bits per heavy atom. The van der Waals surface area contributed by atoms with E-state index in [2.05, 4.69) is 0 Å². The lowest BCUT2D eigenvalue weighted by Gasteiger charge is -2.32. The number of ether oxygens (including phenoxy) is 1. The van der Waals surface area contributed by atoms with E-state index in [1.54, 1.807) is 0 Å². The largest absolute Gasteiger partial charge is 0.312 e. The van der Waals surface area contributed by atoms with Gasteiger partial charge >= 0.3 is 0 Å². The molecule has 3 nitrogen and oxygen atoms in total. The Balaban J connectivity index is 1.62. The van der Waals surface area contributed by atoms with Gasteiger partial charge < -0.3 is 4.74 Å². The normalized spacial score (nSPS) is 31.2. The summed E-state index contributed by atoms with van der Waals surface area (Å²) in [4.78, 5) is 11.6. The second-order valence-electron chi connectivity index (χ2n) is 6.98. The summed E-state index contributed by atoms with van der Waals surface area (Å²) in [5, 5.41) is 0. The maximum atomic E-state index is 6.45. The average molecular weight is 282 g/mol. The Labute approximate surface area is 123 Å². The van der Waals surface area contributed by atoms with Crippen LogP contribution >= 0.6 is 0 Å². The molecule has 0 unspecified atom stereocenters. The first-order chi connectivity index (χ1) is 9.83. The summed E-state index contributed by atoms with van der Waals surface area (Å²) in [6, 6.07) is 0. The molecule has 1 aliphatic heterocycles. The van der Waals surface area contributed by atoms with Gasteiger partial charge in [-0.3, -0.25) is 0 Å². The van der Waals surface area contributed by atoms with E-state index in [-0.39, 0.29) is 0 Å². The molecule has 0 aromatic rings. The fourth-order valence-electron chi connectivity index (χ4n) is 3.96. The van der Waals surface area contributed by atoms with E-state index in [0.29, 0.717) is 0 Å². The molecule has 0 aromatic carbocycles. The third-order valence-electron chi connectivity index (χ3n) is 5.20. The number of rotatable bonds is 0. The summed E-state index contributed by atoms with van der Waals surface area (Å²) in [6.45, 7) is 0. The summed E-state index contributed by atoms with van der Waals surface area (Å²) in [5.41, 5.74) is 0. The minimum Gasteiger partial charge on any atom is -0.312 e. The summed E-state index contributed by atoms with van der Waals surface area (Å²) in [6.07, 6.45) is 18.3. The summed E-state index contributed by atoms with van der Waals surface area (Å²) in [7, 11) is 0. The molecule has 3 fully saturated rings. The van der Waals surface area contributed by atoms with Crippen molar-refractivity contribution in [2.75, 3.05) is 0 Å². The van der Waals surface area contributed by atoms with Gasteiger partial charge in [0, 0.05) is 25.7 Å². The smallest absolute Gasteiger partial charge is 0.204 e. The molecule has 3 aliphatic rings. The Bertz CT molecular complexity index is 285. The van der Waals surface area contributed by atoms with Gasteiger partial charge in [0.05, 0.1) is 0 Å². The molecule has 2 saturated carbocycles. The monoisotopic (exact) mass is 282 g/mol. The average Bonchev–Trinajstić information content (AvgIpc) is 2.78. The molecule has 0 atom stereocenters. The van der Waals surface area contributed by atoms with Crippen LogP contribution in [0.4, 0.5) is 0 Å². The first kappa shape index (κ1) is 14.8. The summed E-state index contributed by atoms with van der Waals surface area (Å²) >= 11 is 0. The molecule has 0 N–H and O–H groups in total. The quantitative estimate of drug-likeness (QED) is 0.569. The maximum Gasteiger partial charge on any atom is 0.204 e. The van der Waals surface area contributed by atoms with Crippen molar-refractivity contribution in [3.8, 4) is 0 Å². The highest BCUT2D eigenvalue weighted by Gasteiger charge is 2.52. The van der Waals surface area contributed by atoms with Gasteiger partial charge in [0.25, 0.3) is 0 Å². The predicted octanol–water partition coefficient (Wildman–Crippen LogP) is 5.24. The molecule has 20 heavy (non-hydrogen) atoms. The van der Waals surface area contributed by atoms with Crippen LogP contribution in [0, 0.1) is 0 Å². The highest BCUT2D eigenvalue weighted by Crippen LogP contribution is 2.46. The fourth-order valence-corrected chi connectivity index (χ4v) is 3.96.